The molecule has 0 bridgehead atoms. The quantitative estimate of drug-likeness (QED) is 0.0334. The van der Waals surface area contributed by atoms with Crippen LogP contribution in [0.25, 0.3) is 33.6 Å². The summed E-state index contributed by atoms with van der Waals surface area (Å²) in [6.45, 7) is 4.03. The zero-order valence-electron chi connectivity index (χ0n) is 39.7. The fourth-order valence-electron chi connectivity index (χ4n) is 7.67. The minimum atomic E-state index is -1.07. The number of ether oxygens (including phenoxy) is 6. The largest absolute Gasteiger partial charge is 0.493 e. The number of nitrogens with one attached hydrogen (secondary N) is 4. The molecule has 70 heavy (non-hydrogen) atoms. The highest BCUT2D eigenvalue weighted by atomic mass is 16.5. The maximum Gasteiger partial charge on any atom is 0.263 e. The van der Waals surface area contributed by atoms with Crippen LogP contribution in [0.1, 0.15) is 34.3 Å². The summed E-state index contributed by atoms with van der Waals surface area (Å²) < 4.78 is 33.7. The van der Waals surface area contributed by atoms with E-state index in [1.54, 1.807) is 58.5 Å². The van der Waals surface area contributed by atoms with Crippen LogP contribution in [0.3, 0.4) is 0 Å². The van der Waals surface area contributed by atoms with Gasteiger partial charge in [-0.1, -0.05) is 48.5 Å². The third-order valence-electron chi connectivity index (χ3n) is 11.3. The van der Waals surface area contributed by atoms with Crippen molar-refractivity contribution in [1.82, 2.24) is 25.8 Å². The van der Waals surface area contributed by atoms with Gasteiger partial charge in [0.2, 0.25) is 24.1 Å². The van der Waals surface area contributed by atoms with Crippen LogP contribution in [0.5, 0.6) is 17.2 Å². The Kier molecular flexibility index (Phi) is 19.3. The molecule has 0 spiro atoms. The first-order valence-corrected chi connectivity index (χ1v) is 22.8. The van der Waals surface area contributed by atoms with Crippen molar-refractivity contribution in [2.45, 2.75) is 32.2 Å². The average molecular weight is 959 g/mol. The lowest BCUT2D eigenvalue weighted by Gasteiger charge is -2.29. The molecule has 6 amide bonds. The van der Waals surface area contributed by atoms with Gasteiger partial charge < -0.3 is 44.4 Å². The van der Waals surface area contributed by atoms with Gasteiger partial charge >= 0.3 is 0 Å². The Morgan fingerprint density at radius 3 is 2.13 bits per heavy atom. The summed E-state index contributed by atoms with van der Waals surface area (Å²) in [6.07, 6.45) is 0.512. The Balaban J connectivity index is 0.901. The van der Waals surface area contributed by atoms with Crippen LogP contribution in [0.2, 0.25) is 0 Å². The molecule has 2 heterocycles. The van der Waals surface area contributed by atoms with E-state index in [1.807, 2.05) is 66.7 Å². The zero-order chi connectivity index (χ0) is 49.8. The van der Waals surface area contributed by atoms with Gasteiger partial charge in [-0.15, -0.1) is 0 Å². The minimum absolute atomic E-state index is 0.0309. The number of benzene rings is 4. The molecule has 0 aliphatic carbocycles. The lowest BCUT2D eigenvalue weighted by atomic mass is 9.91. The van der Waals surface area contributed by atoms with Gasteiger partial charge in [-0.3, -0.25) is 39.0 Å². The maximum atomic E-state index is 13.4. The highest BCUT2D eigenvalue weighted by molar-refractivity contribution is 6.09. The molecule has 1 aliphatic heterocycles. The second-order valence-electron chi connectivity index (χ2n) is 15.9. The third kappa shape index (κ3) is 14.0. The van der Waals surface area contributed by atoms with Gasteiger partial charge in [0.1, 0.15) is 11.8 Å². The Labute approximate surface area is 406 Å². The van der Waals surface area contributed by atoms with Crippen molar-refractivity contribution in [3.05, 3.63) is 114 Å². The van der Waals surface area contributed by atoms with Gasteiger partial charge in [0, 0.05) is 43.4 Å². The SMILES string of the molecule is CNC(=O)Cc1c(-c2ccc(OC)c(OC)c2)cc(-c2ccc(OCC(=O)NCCOCCOCCOCCNc3cccc(C)c3C(=O)N(C=O)C3CCC(=O)NC3=O)cc2)nc1-c1ccccc1. The van der Waals surface area contributed by atoms with E-state index in [4.69, 9.17) is 33.4 Å². The summed E-state index contributed by atoms with van der Waals surface area (Å²) >= 11 is 0. The predicted molar refractivity (Wildman–Crippen MR) is 260 cm³/mol. The molecule has 0 radical (unpaired) electrons. The number of hydrogen-bond acceptors (Lipinski definition) is 14. The lowest BCUT2D eigenvalue weighted by molar-refractivity contribution is -0.139. The number of nitrogens with zero attached hydrogens (tertiary/aromatic N) is 2. The van der Waals surface area contributed by atoms with Crippen molar-refractivity contribution >= 4 is 41.6 Å². The number of carbonyl (C=O) groups is 6. The molecule has 1 fully saturated rings. The summed E-state index contributed by atoms with van der Waals surface area (Å²) in [4.78, 5) is 80.7. The maximum absolute atomic E-state index is 13.4. The Hall–Kier alpha value is -7.67. The molecule has 18 nitrogen and oxygen atoms in total. The number of carbonyl (C=O) groups excluding carboxylic acids is 6. The summed E-state index contributed by atoms with van der Waals surface area (Å²) in [6, 6.07) is 28.7. The molecular weight excluding hydrogens is 901 g/mol. The first kappa shape index (κ1) is 51.7. The van der Waals surface area contributed by atoms with E-state index in [-0.39, 0.29) is 56.4 Å². The molecule has 1 aliphatic rings. The van der Waals surface area contributed by atoms with Crippen molar-refractivity contribution in [2.24, 2.45) is 0 Å². The number of anilines is 1. The molecule has 0 saturated carbocycles. The Bertz CT molecular complexity index is 2610. The van der Waals surface area contributed by atoms with Crippen molar-refractivity contribution in [2.75, 3.05) is 85.9 Å². The van der Waals surface area contributed by atoms with Crippen LogP contribution in [0, 0.1) is 6.92 Å². The van der Waals surface area contributed by atoms with Crippen LogP contribution in [-0.2, 0) is 44.6 Å². The predicted octanol–water partition coefficient (Wildman–Crippen LogP) is 4.76. The second kappa shape index (κ2) is 26.2. The molecule has 6 rings (SSSR count). The van der Waals surface area contributed by atoms with Crippen molar-refractivity contribution in [3.8, 4) is 50.9 Å². The number of likely N-dealkylation sites (N-methyl/N-ethyl adjacent to an activating group) is 1. The van der Waals surface area contributed by atoms with Gasteiger partial charge in [-0.05, 0) is 84.1 Å². The van der Waals surface area contributed by atoms with E-state index < -0.39 is 23.8 Å². The first-order chi connectivity index (χ1) is 34.0. The average Bonchev–Trinajstić information content (AvgIpc) is 3.38. The van der Waals surface area contributed by atoms with E-state index >= 15 is 0 Å². The number of methoxy groups -OCH3 is 2. The molecular formula is C52H58N6O12. The van der Waals surface area contributed by atoms with Crippen LogP contribution in [0.4, 0.5) is 5.69 Å². The smallest absolute Gasteiger partial charge is 0.263 e. The number of aryl methyl sites for hydroxylation is 1. The van der Waals surface area contributed by atoms with Crippen LogP contribution in [-0.4, -0.2) is 132 Å². The standard InChI is InChI=1S/C52H58N6O12/c1-34-9-8-12-41(49(34)52(64)58(33-59)43-18-20-46(60)57-51(43)63)54-21-23-67-25-27-69-28-26-68-24-22-55-48(62)32-70-38-16-13-35(14-17-38)42-30-39(37-15-19-44(65-3)45(29-37)66-4)40(31-47(61)53-2)50(56-42)36-10-6-5-7-11-36/h5-17,19,29-30,33,43,54H,18,20-28,31-32H2,1-4H3,(H,53,61)(H,55,62)(H,57,60,63). The van der Waals surface area contributed by atoms with Crippen molar-refractivity contribution in [1.29, 1.82) is 0 Å². The number of piperidine rings is 1. The van der Waals surface area contributed by atoms with Crippen molar-refractivity contribution in [3.63, 3.8) is 0 Å². The molecule has 1 unspecified atom stereocenters. The second-order valence-corrected chi connectivity index (χ2v) is 15.9. The highest BCUT2D eigenvalue weighted by Crippen LogP contribution is 2.39. The summed E-state index contributed by atoms with van der Waals surface area (Å²) in [5.74, 6) is -0.611. The van der Waals surface area contributed by atoms with Gasteiger partial charge in [0.05, 0.1) is 77.2 Å². The Morgan fingerprint density at radius 2 is 1.46 bits per heavy atom. The van der Waals surface area contributed by atoms with Gasteiger partial charge in [-0.2, -0.15) is 0 Å². The number of pyridine rings is 1. The summed E-state index contributed by atoms with van der Waals surface area (Å²) in [5, 5.41) is 10.9. The summed E-state index contributed by atoms with van der Waals surface area (Å²) in [7, 11) is 4.76. The molecule has 368 valence electrons. The molecule has 4 aromatic carbocycles. The molecule has 1 atom stereocenters. The molecule has 5 aromatic rings. The lowest BCUT2D eigenvalue weighted by Crippen LogP contribution is -2.54. The number of hydrogen-bond donors (Lipinski definition) is 4. The topological polar surface area (TPSA) is 222 Å². The van der Waals surface area contributed by atoms with E-state index in [0.29, 0.717) is 85.9 Å². The van der Waals surface area contributed by atoms with E-state index in [0.717, 1.165) is 32.7 Å². The zero-order valence-corrected chi connectivity index (χ0v) is 39.7. The number of rotatable bonds is 26. The van der Waals surface area contributed by atoms with Gasteiger partial charge in [0.15, 0.2) is 18.1 Å². The molecule has 4 N–H and O–H groups in total. The fourth-order valence-corrected chi connectivity index (χ4v) is 7.67. The van der Waals surface area contributed by atoms with Gasteiger partial charge in [-0.25, -0.2) is 4.98 Å². The number of imide groups is 2. The van der Waals surface area contributed by atoms with E-state index in [1.165, 1.54) is 0 Å². The number of aromatic nitrogens is 1. The van der Waals surface area contributed by atoms with E-state index in [9.17, 15) is 28.8 Å². The third-order valence-corrected chi connectivity index (χ3v) is 11.3. The Morgan fingerprint density at radius 1 is 0.771 bits per heavy atom. The monoisotopic (exact) mass is 958 g/mol. The molecule has 18 heteroatoms. The van der Waals surface area contributed by atoms with Crippen molar-refractivity contribution < 1.29 is 57.2 Å². The van der Waals surface area contributed by atoms with Crippen LogP contribution in [0.15, 0.2) is 97.1 Å². The normalized spacial score (nSPS) is 13.2. The first-order valence-electron chi connectivity index (χ1n) is 22.8. The summed E-state index contributed by atoms with van der Waals surface area (Å²) in [5.41, 5.74) is 6.72. The van der Waals surface area contributed by atoms with Crippen LogP contribution < -0.4 is 35.5 Å². The van der Waals surface area contributed by atoms with Crippen LogP contribution >= 0.6 is 0 Å². The number of amides is 6. The van der Waals surface area contributed by atoms with E-state index in [2.05, 4.69) is 21.3 Å². The fraction of sp³-hybridized carbons (Fsp3) is 0.327. The molecule has 1 saturated heterocycles. The van der Waals surface area contributed by atoms with Gasteiger partial charge in [0.25, 0.3) is 11.8 Å². The highest BCUT2D eigenvalue weighted by Gasteiger charge is 2.36. The minimum Gasteiger partial charge on any atom is -0.493 e. The molecule has 1 aromatic heterocycles.